The van der Waals surface area contributed by atoms with Crippen molar-refractivity contribution in [3.63, 3.8) is 0 Å². The summed E-state index contributed by atoms with van der Waals surface area (Å²) in [5.41, 5.74) is 3.67. The fraction of sp³-hybridized carbons (Fsp3) is 0.364. The van der Waals surface area contributed by atoms with Gasteiger partial charge in [0.1, 0.15) is 0 Å². The molecular formula is C22H26ClN3O2. The first-order chi connectivity index (χ1) is 13.4. The number of hydrogen-bond donors (Lipinski definition) is 1. The van der Waals surface area contributed by atoms with Crippen LogP contribution < -0.4 is 15.1 Å². The molecule has 0 aliphatic carbocycles. The summed E-state index contributed by atoms with van der Waals surface area (Å²) in [6.45, 7) is 8.47. The van der Waals surface area contributed by atoms with E-state index in [9.17, 15) is 9.59 Å². The number of anilines is 3. The van der Waals surface area contributed by atoms with Crippen molar-refractivity contribution < 1.29 is 9.59 Å². The van der Waals surface area contributed by atoms with Crippen LogP contribution in [-0.4, -0.2) is 31.4 Å². The first kappa shape index (κ1) is 20.2. The second kappa shape index (κ2) is 8.65. The molecule has 1 fully saturated rings. The zero-order valence-electron chi connectivity index (χ0n) is 16.5. The monoisotopic (exact) mass is 399 g/mol. The van der Waals surface area contributed by atoms with Crippen LogP contribution in [0.5, 0.6) is 0 Å². The Hall–Kier alpha value is -2.53. The van der Waals surface area contributed by atoms with E-state index in [2.05, 4.69) is 30.1 Å². The van der Waals surface area contributed by atoms with Crippen LogP contribution in [0.4, 0.5) is 17.1 Å². The third-order valence-corrected chi connectivity index (χ3v) is 5.45. The summed E-state index contributed by atoms with van der Waals surface area (Å²) in [5.74, 6) is -0.569. The van der Waals surface area contributed by atoms with Crippen LogP contribution in [0.3, 0.4) is 0 Å². The minimum atomic E-state index is -0.381. The van der Waals surface area contributed by atoms with Gasteiger partial charge in [-0.05, 0) is 62.7 Å². The Kier molecular flexibility index (Phi) is 6.25. The molecule has 1 unspecified atom stereocenters. The van der Waals surface area contributed by atoms with Gasteiger partial charge in [0.25, 0.3) is 0 Å². The summed E-state index contributed by atoms with van der Waals surface area (Å²) in [4.78, 5) is 29.1. The van der Waals surface area contributed by atoms with Gasteiger partial charge in [-0.25, -0.2) is 0 Å². The molecule has 0 bridgehead atoms. The van der Waals surface area contributed by atoms with Crippen LogP contribution in [0.2, 0.25) is 5.02 Å². The van der Waals surface area contributed by atoms with Gasteiger partial charge in [-0.2, -0.15) is 0 Å². The van der Waals surface area contributed by atoms with Gasteiger partial charge in [-0.3, -0.25) is 9.59 Å². The largest absolute Gasteiger partial charge is 0.372 e. The number of halogens is 1. The molecule has 3 rings (SSSR count). The van der Waals surface area contributed by atoms with Crippen LogP contribution in [0.25, 0.3) is 0 Å². The molecule has 0 radical (unpaired) electrons. The number of carbonyl (C=O) groups excluding carboxylic acids is 2. The standard InChI is InChI=1S/C22H26ClN3O2/c1-4-25(5-2)18-9-10-20(15(3)11-18)24-22(28)16-12-21(27)26(14-16)19-8-6-7-17(23)13-19/h6-11,13,16H,4-5,12,14H2,1-3H3,(H,24,28). The molecule has 0 saturated carbocycles. The highest BCUT2D eigenvalue weighted by Crippen LogP contribution is 2.29. The average molecular weight is 400 g/mol. The van der Waals surface area contributed by atoms with E-state index in [0.29, 0.717) is 11.6 Å². The van der Waals surface area contributed by atoms with E-state index in [1.54, 1.807) is 23.1 Å². The second-order valence-corrected chi connectivity index (χ2v) is 7.48. The van der Waals surface area contributed by atoms with Gasteiger partial charge < -0.3 is 15.1 Å². The fourth-order valence-corrected chi connectivity index (χ4v) is 3.77. The Labute approximate surface area is 171 Å². The first-order valence-corrected chi connectivity index (χ1v) is 10.0. The fourth-order valence-electron chi connectivity index (χ4n) is 3.59. The molecule has 1 atom stereocenters. The second-order valence-electron chi connectivity index (χ2n) is 7.05. The quantitative estimate of drug-likeness (QED) is 0.778. The summed E-state index contributed by atoms with van der Waals surface area (Å²) in [6, 6.07) is 13.2. The van der Waals surface area contributed by atoms with Crippen molar-refractivity contribution in [1.82, 2.24) is 0 Å². The summed E-state index contributed by atoms with van der Waals surface area (Å²) in [7, 11) is 0. The number of hydrogen-bond acceptors (Lipinski definition) is 3. The minimum absolute atomic E-state index is 0.0592. The zero-order valence-corrected chi connectivity index (χ0v) is 17.3. The molecule has 5 nitrogen and oxygen atoms in total. The van der Waals surface area contributed by atoms with E-state index in [1.807, 2.05) is 25.1 Å². The molecule has 1 N–H and O–H groups in total. The molecule has 1 aliphatic heterocycles. The van der Waals surface area contributed by atoms with Gasteiger partial charge in [-0.1, -0.05) is 17.7 Å². The maximum atomic E-state index is 12.8. The molecular weight excluding hydrogens is 374 g/mol. The van der Waals surface area contributed by atoms with E-state index in [0.717, 1.165) is 35.7 Å². The van der Waals surface area contributed by atoms with Crippen molar-refractivity contribution in [2.45, 2.75) is 27.2 Å². The van der Waals surface area contributed by atoms with E-state index in [1.165, 1.54) is 0 Å². The lowest BCUT2D eigenvalue weighted by Gasteiger charge is -2.22. The van der Waals surface area contributed by atoms with E-state index >= 15 is 0 Å². The normalized spacial score (nSPS) is 16.4. The van der Waals surface area contributed by atoms with Crippen molar-refractivity contribution in [3.05, 3.63) is 53.1 Å². The highest BCUT2D eigenvalue weighted by molar-refractivity contribution is 6.31. The number of nitrogens with one attached hydrogen (secondary N) is 1. The lowest BCUT2D eigenvalue weighted by Crippen LogP contribution is -2.28. The summed E-state index contributed by atoms with van der Waals surface area (Å²) >= 11 is 6.03. The van der Waals surface area contributed by atoms with Crippen molar-refractivity contribution >= 4 is 40.5 Å². The van der Waals surface area contributed by atoms with Crippen molar-refractivity contribution in [2.75, 3.05) is 34.8 Å². The Balaban J connectivity index is 1.69. The van der Waals surface area contributed by atoms with Gasteiger partial charge in [0.05, 0.1) is 5.92 Å². The summed E-state index contributed by atoms with van der Waals surface area (Å²) in [5, 5.41) is 3.57. The SMILES string of the molecule is CCN(CC)c1ccc(NC(=O)C2CC(=O)N(c3cccc(Cl)c3)C2)c(C)c1. The predicted molar refractivity (Wildman–Crippen MR) is 115 cm³/mol. The number of carbonyl (C=O) groups is 2. The van der Waals surface area contributed by atoms with Gasteiger partial charge in [0.2, 0.25) is 11.8 Å². The van der Waals surface area contributed by atoms with E-state index in [-0.39, 0.29) is 24.2 Å². The number of amides is 2. The smallest absolute Gasteiger partial charge is 0.229 e. The van der Waals surface area contributed by atoms with Crippen LogP contribution >= 0.6 is 11.6 Å². The maximum Gasteiger partial charge on any atom is 0.229 e. The maximum absolute atomic E-state index is 12.8. The zero-order chi connectivity index (χ0) is 20.3. The Morgan fingerprint density at radius 3 is 2.61 bits per heavy atom. The Morgan fingerprint density at radius 1 is 1.21 bits per heavy atom. The minimum Gasteiger partial charge on any atom is -0.372 e. The topological polar surface area (TPSA) is 52.7 Å². The highest BCUT2D eigenvalue weighted by atomic mass is 35.5. The molecule has 2 aromatic carbocycles. The van der Waals surface area contributed by atoms with Gasteiger partial charge >= 0.3 is 0 Å². The summed E-state index contributed by atoms with van der Waals surface area (Å²) < 4.78 is 0. The predicted octanol–water partition coefficient (Wildman–Crippen LogP) is 4.49. The molecule has 6 heteroatoms. The van der Waals surface area contributed by atoms with E-state index < -0.39 is 0 Å². The van der Waals surface area contributed by atoms with Crippen LogP contribution in [0.15, 0.2) is 42.5 Å². The molecule has 1 saturated heterocycles. The van der Waals surface area contributed by atoms with Crippen LogP contribution in [-0.2, 0) is 9.59 Å². The van der Waals surface area contributed by atoms with Crippen molar-refractivity contribution in [2.24, 2.45) is 5.92 Å². The molecule has 2 aromatic rings. The number of rotatable bonds is 6. The Bertz CT molecular complexity index is 880. The van der Waals surface area contributed by atoms with Crippen molar-refractivity contribution in [3.8, 4) is 0 Å². The molecule has 0 spiro atoms. The molecule has 1 heterocycles. The lowest BCUT2D eigenvalue weighted by atomic mass is 10.1. The van der Waals surface area contributed by atoms with Crippen molar-refractivity contribution in [1.29, 1.82) is 0 Å². The van der Waals surface area contributed by atoms with Crippen LogP contribution in [0.1, 0.15) is 25.8 Å². The number of benzene rings is 2. The third kappa shape index (κ3) is 4.30. The third-order valence-electron chi connectivity index (χ3n) is 5.21. The molecule has 0 aromatic heterocycles. The molecule has 1 aliphatic rings. The molecule has 148 valence electrons. The van der Waals surface area contributed by atoms with Gasteiger partial charge in [0, 0.05) is 48.1 Å². The number of aryl methyl sites for hydroxylation is 1. The van der Waals surface area contributed by atoms with E-state index in [4.69, 9.17) is 11.6 Å². The average Bonchev–Trinajstić information content (AvgIpc) is 3.07. The molecule has 2 amide bonds. The Morgan fingerprint density at radius 2 is 1.96 bits per heavy atom. The molecule has 28 heavy (non-hydrogen) atoms. The highest BCUT2D eigenvalue weighted by Gasteiger charge is 2.35. The van der Waals surface area contributed by atoms with Gasteiger partial charge in [-0.15, -0.1) is 0 Å². The lowest BCUT2D eigenvalue weighted by molar-refractivity contribution is -0.122. The van der Waals surface area contributed by atoms with Gasteiger partial charge in [0.15, 0.2) is 0 Å². The number of nitrogens with zero attached hydrogens (tertiary/aromatic N) is 2. The first-order valence-electron chi connectivity index (χ1n) is 9.65. The summed E-state index contributed by atoms with van der Waals surface area (Å²) in [6.07, 6.45) is 0.203. The van der Waals surface area contributed by atoms with Crippen LogP contribution in [0, 0.1) is 12.8 Å².